The van der Waals surface area contributed by atoms with Crippen LogP contribution in [0.25, 0.3) is 0 Å². The SMILES string of the molecule is [CH2]CCCCCCCCC#CCCC. The van der Waals surface area contributed by atoms with Crippen molar-refractivity contribution < 1.29 is 0 Å². The highest BCUT2D eigenvalue weighted by Gasteiger charge is 1.88. The zero-order valence-corrected chi connectivity index (χ0v) is 9.78. The van der Waals surface area contributed by atoms with Gasteiger partial charge >= 0.3 is 0 Å². The summed E-state index contributed by atoms with van der Waals surface area (Å²) in [6.45, 7) is 6.02. The van der Waals surface area contributed by atoms with E-state index in [4.69, 9.17) is 0 Å². The van der Waals surface area contributed by atoms with E-state index in [9.17, 15) is 0 Å². The predicted molar refractivity (Wildman–Crippen MR) is 65.0 cm³/mol. The van der Waals surface area contributed by atoms with Gasteiger partial charge in [0.2, 0.25) is 0 Å². The van der Waals surface area contributed by atoms with Crippen LogP contribution in [0.5, 0.6) is 0 Å². The largest absolute Gasteiger partial charge is 0.103 e. The first-order valence-electron chi connectivity index (χ1n) is 6.16. The second kappa shape index (κ2) is 12.6. The molecule has 0 spiro atoms. The Morgan fingerprint density at radius 1 is 0.786 bits per heavy atom. The normalized spacial score (nSPS) is 9.57. The van der Waals surface area contributed by atoms with E-state index < -0.39 is 0 Å². The minimum Gasteiger partial charge on any atom is -0.103 e. The fraction of sp³-hybridized carbons (Fsp3) is 0.786. The van der Waals surface area contributed by atoms with Gasteiger partial charge in [0, 0.05) is 12.8 Å². The van der Waals surface area contributed by atoms with Gasteiger partial charge in [0.15, 0.2) is 0 Å². The maximum absolute atomic E-state index is 3.84. The zero-order valence-electron chi connectivity index (χ0n) is 9.78. The molecule has 0 aromatic rings. The molecule has 0 aliphatic rings. The highest BCUT2D eigenvalue weighted by atomic mass is 13.9. The summed E-state index contributed by atoms with van der Waals surface area (Å²) in [6, 6.07) is 0. The van der Waals surface area contributed by atoms with Crippen molar-refractivity contribution in [3.05, 3.63) is 6.92 Å². The van der Waals surface area contributed by atoms with E-state index in [1.54, 1.807) is 0 Å². The predicted octanol–water partition coefficient (Wildman–Crippen LogP) is 4.74. The molecule has 0 aliphatic carbocycles. The summed E-state index contributed by atoms with van der Waals surface area (Å²) < 4.78 is 0. The van der Waals surface area contributed by atoms with Gasteiger partial charge in [0.05, 0.1) is 0 Å². The number of rotatable bonds is 8. The third kappa shape index (κ3) is 11.6. The number of hydrogen-bond acceptors (Lipinski definition) is 0. The molecule has 0 heteroatoms. The van der Waals surface area contributed by atoms with Gasteiger partial charge in [0.1, 0.15) is 0 Å². The lowest BCUT2D eigenvalue weighted by molar-refractivity contribution is 0.601. The van der Waals surface area contributed by atoms with Gasteiger partial charge < -0.3 is 0 Å². The maximum Gasteiger partial charge on any atom is 0.00886 e. The third-order valence-electron chi connectivity index (χ3n) is 2.30. The fourth-order valence-electron chi connectivity index (χ4n) is 1.40. The van der Waals surface area contributed by atoms with Crippen LogP contribution in [0.4, 0.5) is 0 Å². The van der Waals surface area contributed by atoms with Crippen LogP contribution in [0.3, 0.4) is 0 Å². The second-order valence-electron chi connectivity index (χ2n) is 3.83. The summed E-state index contributed by atoms with van der Waals surface area (Å²) in [5, 5.41) is 0. The van der Waals surface area contributed by atoms with Crippen molar-refractivity contribution >= 4 is 0 Å². The van der Waals surface area contributed by atoms with Gasteiger partial charge in [-0.05, 0) is 12.8 Å². The maximum atomic E-state index is 3.84. The molecule has 0 aromatic heterocycles. The first-order chi connectivity index (χ1) is 6.91. The van der Waals surface area contributed by atoms with Crippen LogP contribution in [-0.2, 0) is 0 Å². The van der Waals surface area contributed by atoms with Crippen molar-refractivity contribution in [2.75, 3.05) is 0 Å². The molecular weight excluding hydrogens is 168 g/mol. The molecule has 0 saturated carbocycles. The number of hydrogen-bond donors (Lipinski definition) is 0. The van der Waals surface area contributed by atoms with E-state index >= 15 is 0 Å². The quantitative estimate of drug-likeness (QED) is 0.385. The minimum absolute atomic E-state index is 1.07. The van der Waals surface area contributed by atoms with E-state index in [2.05, 4.69) is 25.7 Å². The molecule has 0 amide bonds. The Balaban J connectivity index is 2.96. The Morgan fingerprint density at radius 2 is 1.36 bits per heavy atom. The first-order valence-corrected chi connectivity index (χ1v) is 6.16. The third-order valence-corrected chi connectivity index (χ3v) is 2.30. The molecule has 0 aromatic carbocycles. The molecule has 0 atom stereocenters. The molecule has 81 valence electrons. The van der Waals surface area contributed by atoms with Gasteiger partial charge in [-0.2, -0.15) is 0 Å². The Morgan fingerprint density at radius 3 is 2.00 bits per heavy atom. The van der Waals surface area contributed by atoms with E-state index in [1.165, 1.54) is 44.9 Å². The van der Waals surface area contributed by atoms with Crippen molar-refractivity contribution in [3.8, 4) is 11.8 Å². The Kier molecular flexibility index (Phi) is 12.2. The van der Waals surface area contributed by atoms with Crippen molar-refractivity contribution in [1.82, 2.24) is 0 Å². The molecule has 0 unspecified atom stereocenters. The van der Waals surface area contributed by atoms with Crippen molar-refractivity contribution in [3.63, 3.8) is 0 Å². The summed E-state index contributed by atoms with van der Waals surface area (Å²) in [7, 11) is 0. The fourth-order valence-corrected chi connectivity index (χ4v) is 1.40. The Hall–Kier alpha value is -0.440. The average Bonchev–Trinajstić information content (AvgIpc) is 2.21. The summed E-state index contributed by atoms with van der Waals surface area (Å²) in [6.07, 6.45) is 12.6. The molecule has 0 saturated heterocycles. The molecule has 1 radical (unpaired) electrons. The zero-order chi connectivity index (χ0) is 10.5. The Labute approximate surface area is 90.5 Å². The van der Waals surface area contributed by atoms with E-state index in [1.807, 2.05) is 0 Å². The molecule has 0 heterocycles. The molecule has 0 nitrogen and oxygen atoms in total. The standard InChI is InChI=1S/C14H25/c1-3-5-7-9-11-13-14-12-10-8-6-4-2/h1,3-7,9,11-14H2,2H3. The molecule has 14 heavy (non-hydrogen) atoms. The highest BCUT2D eigenvalue weighted by Crippen LogP contribution is 2.07. The van der Waals surface area contributed by atoms with Crippen LogP contribution in [0.2, 0.25) is 0 Å². The molecule has 0 N–H and O–H groups in total. The van der Waals surface area contributed by atoms with E-state index in [0.29, 0.717) is 0 Å². The summed E-state index contributed by atoms with van der Waals surface area (Å²) in [5.74, 6) is 6.42. The van der Waals surface area contributed by atoms with Gasteiger partial charge in [-0.25, -0.2) is 0 Å². The summed E-state index contributed by atoms with van der Waals surface area (Å²) >= 11 is 0. The molecule has 0 aliphatic heterocycles. The van der Waals surface area contributed by atoms with Crippen LogP contribution in [0.1, 0.15) is 71.1 Å². The summed E-state index contributed by atoms with van der Waals surface area (Å²) in [4.78, 5) is 0. The molecule has 0 fully saturated rings. The van der Waals surface area contributed by atoms with Crippen molar-refractivity contribution in [2.24, 2.45) is 0 Å². The second-order valence-corrected chi connectivity index (χ2v) is 3.83. The highest BCUT2D eigenvalue weighted by molar-refractivity contribution is 4.98. The molecule has 0 rings (SSSR count). The van der Waals surface area contributed by atoms with E-state index in [0.717, 1.165) is 19.3 Å². The van der Waals surface area contributed by atoms with Gasteiger partial charge in [0.25, 0.3) is 0 Å². The van der Waals surface area contributed by atoms with Crippen LogP contribution >= 0.6 is 0 Å². The van der Waals surface area contributed by atoms with E-state index in [-0.39, 0.29) is 0 Å². The van der Waals surface area contributed by atoms with Gasteiger partial charge in [-0.3, -0.25) is 0 Å². The smallest absolute Gasteiger partial charge is 0.00886 e. The lowest BCUT2D eigenvalue weighted by atomic mass is 10.1. The lowest BCUT2D eigenvalue weighted by Gasteiger charge is -1.97. The number of unbranched alkanes of at least 4 members (excludes halogenated alkanes) is 8. The van der Waals surface area contributed by atoms with Crippen molar-refractivity contribution in [1.29, 1.82) is 0 Å². The average molecular weight is 193 g/mol. The van der Waals surface area contributed by atoms with Crippen LogP contribution < -0.4 is 0 Å². The van der Waals surface area contributed by atoms with Gasteiger partial charge in [-0.15, -0.1) is 11.8 Å². The summed E-state index contributed by atoms with van der Waals surface area (Å²) in [5.41, 5.74) is 0. The van der Waals surface area contributed by atoms with Gasteiger partial charge in [-0.1, -0.05) is 52.4 Å². The van der Waals surface area contributed by atoms with Crippen molar-refractivity contribution in [2.45, 2.75) is 71.1 Å². The topological polar surface area (TPSA) is 0 Å². The Bertz CT molecular complexity index is 147. The molecule has 0 bridgehead atoms. The lowest BCUT2D eigenvalue weighted by Crippen LogP contribution is -1.79. The first kappa shape index (κ1) is 13.6. The van der Waals surface area contributed by atoms with Crippen LogP contribution in [0.15, 0.2) is 0 Å². The molecular formula is C14H25. The van der Waals surface area contributed by atoms with Crippen LogP contribution in [0, 0.1) is 18.8 Å². The minimum atomic E-state index is 1.07. The van der Waals surface area contributed by atoms with Crippen LogP contribution in [-0.4, -0.2) is 0 Å². The monoisotopic (exact) mass is 193 g/mol.